The van der Waals surface area contributed by atoms with Gasteiger partial charge in [-0.25, -0.2) is 8.42 Å². The highest BCUT2D eigenvalue weighted by Gasteiger charge is 2.40. The average molecular weight is 240 g/mol. The van der Waals surface area contributed by atoms with E-state index in [1.165, 1.54) is 0 Å². The fourth-order valence-electron chi connectivity index (χ4n) is 2.24. The van der Waals surface area contributed by atoms with Gasteiger partial charge in [0.2, 0.25) is 0 Å². The molecule has 3 nitrogen and oxygen atoms in total. The maximum Gasteiger partial charge on any atom is 0.153 e. The van der Waals surface area contributed by atoms with E-state index in [1.54, 1.807) is 0 Å². The number of rotatable bonds is 2. The van der Waals surface area contributed by atoms with Crippen LogP contribution in [0.2, 0.25) is 0 Å². The first-order valence-electron chi connectivity index (χ1n) is 5.37. The van der Waals surface area contributed by atoms with Crippen molar-refractivity contribution in [2.24, 2.45) is 0 Å². The van der Waals surface area contributed by atoms with Crippen molar-refractivity contribution in [1.29, 1.82) is 0 Å². The number of benzene rings is 1. The van der Waals surface area contributed by atoms with Crippen LogP contribution in [0.4, 0.5) is 0 Å². The van der Waals surface area contributed by atoms with E-state index in [-0.39, 0.29) is 11.5 Å². The van der Waals surface area contributed by atoms with E-state index in [4.69, 9.17) is 0 Å². The summed E-state index contributed by atoms with van der Waals surface area (Å²) < 4.78 is 22.7. The predicted octanol–water partition coefficient (Wildman–Crippen LogP) is 1.09. The van der Waals surface area contributed by atoms with Gasteiger partial charge in [-0.2, -0.15) is 0 Å². The second kappa shape index (κ2) is 3.86. The van der Waals surface area contributed by atoms with Gasteiger partial charge in [0, 0.05) is 6.42 Å². The van der Waals surface area contributed by atoms with Crippen LogP contribution < -0.4 is 0 Å². The van der Waals surface area contributed by atoms with Crippen LogP contribution in [0.15, 0.2) is 24.3 Å². The highest BCUT2D eigenvalue weighted by molar-refractivity contribution is 7.91. The Morgan fingerprint density at radius 2 is 2.19 bits per heavy atom. The third-order valence-electron chi connectivity index (χ3n) is 2.98. The summed E-state index contributed by atoms with van der Waals surface area (Å²) in [7, 11) is -3.03. The molecule has 0 saturated carbocycles. The van der Waals surface area contributed by atoms with Crippen LogP contribution in [0, 0.1) is 6.92 Å². The van der Waals surface area contributed by atoms with E-state index in [0.29, 0.717) is 12.8 Å². The van der Waals surface area contributed by atoms with E-state index in [1.807, 2.05) is 31.2 Å². The van der Waals surface area contributed by atoms with E-state index in [2.05, 4.69) is 0 Å². The van der Waals surface area contributed by atoms with Crippen molar-refractivity contribution in [1.82, 2.24) is 0 Å². The molecule has 16 heavy (non-hydrogen) atoms. The number of hydrogen-bond acceptors (Lipinski definition) is 3. The van der Waals surface area contributed by atoms with Crippen LogP contribution in [-0.4, -0.2) is 30.6 Å². The Hall–Kier alpha value is -0.870. The number of sulfone groups is 1. The van der Waals surface area contributed by atoms with Gasteiger partial charge in [-0.3, -0.25) is 0 Å². The maximum atomic E-state index is 11.3. The van der Waals surface area contributed by atoms with Gasteiger partial charge in [0.1, 0.15) is 0 Å². The third kappa shape index (κ3) is 2.62. The van der Waals surface area contributed by atoms with Gasteiger partial charge in [-0.05, 0) is 18.9 Å². The highest BCUT2D eigenvalue weighted by Crippen LogP contribution is 2.27. The number of aliphatic hydroxyl groups is 1. The minimum Gasteiger partial charge on any atom is -0.388 e. The molecule has 0 radical (unpaired) electrons. The Morgan fingerprint density at radius 1 is 1.44 bits per heavy atom. The molecule has 1 heterocycles. The van der Waals surface area contributed by atoms with Crippen molar-refractivity contribution in [3.8, 4) is 0 Å². The van der Waals surface area contributed by atoms with E-state index in [0.717, 1.165) is 11.1 Å². The molecule has 0 aromatic heterocycles. The molecular weight excluding hydrogens is 224 g/mol. The van der Waals surface area contributed by atoms with Crippen LogP contribution in [0.1, 0.15) is 17.5 Å². The average Bonchev–Trinajstić information content (AvgIpc) is 2.40. The van der Waals surface area contributed by atoms with Crippen LogP contribution in [0.25, 0.3) is 0 Å². The van der Waals surface area contributed by atoms with Crippen LogP contribution in [0.5, 0.6) is 0 Å². The molecule has 1 N–H and O–H groups in total. The van der Waals surface area contributed by atoms with Crippen molar-refractivity contribution >= 4 is 9.84 Å². The summed E-state index contributed by atoms with van der Waals surface area (Å²) in [5.74, 6) is 0.00323. The van der Waals surface area contributed by atoms with Gasteiger partial charge < -0.3 is 5.11 Å². The standard InChI is InChI=1S/C12H16O3S/c1-10-3-2-4-11(7-10)8-12(13)5-6-16(14,15)9-12/h2-4,7,13H,5-6,8-9H2,1H3. The van der Waals surface area contributed by atoms with Gasteiger partial charge in [0.15, 0.2) is 9.84 Å². The Morgan fingerprint density at radius 3 is 2.75 bits per heavy atom. The Kier molecular flexibility index (Phi) is 2.80. The van der Waals surface area contributed by atoms with Crippen LogP contribution in [-0.2, 0) is 16.3 Å². The summed E-state index contributed by atoms with van der Waals surface area (Å²) in [5, 5.41) is 10.2. The van der Waals surface area contributed by atoms with Crippen molar-refractivity contribution < 1.29 is 13.5 Å². The zero-order valence-corrected chi connectivity index (χ0v) is 10.1. The fourth-order valence-corrected chi connectivity index (χ4v) is 4.14. The Bertz CT molecular complexity index is 493. The van der Waals surface area contributed by atoms with Crippen LogP contribution >= 0.6 is 0 Å². The molecule has 1 unspecified atom stereocenters. The topological polar surface area (TPSA) is 54.4 Å². The van der Waals surface area contributed by atoms with Crippen molar-refractivity contribution in [2.75, 3.05) is 11.5 Å². The second-order valence-electron chi connectivity index (χ2n) is 4.73. The third-order valence-corrected chi connectivity index (χ3v) is 4.79. The lowest BCUT2D eigenvalue weighted by atomic mass is 9.93. The minimum atomic E-state index is -3.03. The monoisotopic (exact) mass is 240 g/mol. The van der Waals surface area contributed by atoms with Crippen molar-refractivity contribution in [3.63, 3.8) is 0 Å². The molecular formula is C12H16O3S. The molecule has 0 aliphatic carbocycles. The first kappa shape index (κ1) is 11.6. The van der Waals surface area contributed by atoms with Crippen LogP contribution in [0.3, 0.4) is 0 Å². The summed E-state index contributed by atoms with van der Waals surface area (Å²) in [5.41, 5.74) is 1.06. The van der Waals surface area contributed by atoms with Gasteiger partial charge in [-0.15, -0.1) is 0 Å². The van der Waals surface area contributed by atoms with Gasteiger partial charge in [0.25, 0.3) is 0 Å². The molecule has 0 amide bonds. The van der Waals surface area contributed by atoms with Crippen molar-refractivity contribution in [3.05, 3.63) is 35.4 Å². The summed E-state index contributed by atoms with van der Waals surface area (Å²) >= 11 is 0. The molecule has 2 rings (SSSR count). The SMILES string of the molecule is Cc1cccc(CC2(O)CCS(=O)(=O)C2)c1. The van der Waals surface area contributed by atoms with E-state index in [9.17, 15) is 13.5 Å². The maximum absolute atomic E-state index is 11.3. The molecule has 1 aromatic rings. The quantitative estimate of drug-likeness (QED) is 0.842. The molecule has 0 bridgehead atoms. The summed E-state index contributed by atoms with van der Waals surface area (Å²) in [6.07, 6.45) is 0.775. The molecule has 1 aliphatic rings. The Balaban J connectivity index is 2.16. The predicted molar refractivity (Wildman–Crippen MR) is 63.1 cm³/mol. The summed E-state index contributed by atoms with van der Waals surface area (Å²) in [6, 6.07) is 7.83. The molecule has 1 aromatic carbocycles. The molecule has 1 saturated heterocycles. The number of hydrogen-bond donors (Lipinski definition) is 1. The lowest BCUT2D eigenvalue weighted by molar-refractivity contribution is 0.0682. The molecule has 1 fully saturated rings. The molecule has 1 aliphatic heterocycles. The smallest absolute Gasteiger partial charge is 0.153 e. The zero-order chi connectivity index (χ0) is 11.8. The van der Waals surface area contributed by atoms with Gasteiger partial charge in [0.05, 0.1) is 17.1 Å². The fraction of sp³-hybridized carbons (Fsp3) is 0.500. The molecule has 4 heteroatoms. The zero-order valence-electron chi connectivity index (χ0n) is 9.31. The van der Waals surface area contributed by atoms with Gasteiger partial charge in [-0.1, -0.05) is 29.8 Å². The second-order valence-corrected chi connectivity index (χ2v) is 6.92. The lowest BCUT2D eigenvalue weighted by Gasteiger charge is -2.20. The first-order valence-corrected chi connectivity index (χ1v) is 7.19. The summed E-state index contributed by atoms with van der Waals surface area (Å²) in [4.78, 5) is 0. The van der Waals surface area contributed by atoms with Gasteiger partial charge >= 0.3 is 0 Å². The Labute approximate surface area is 96.0 Å². The lowest BCUT2D eigenvalue weighted by Crippen LogP contribution is -2.32. The van der Waals surface area contributed by atoms with E-state index < -0.39 is 15.4 Å². The summed E-state index contributed by atoms with van der Waals surface area (Å²) in [6.45, 7) is 1.99. The first-order chi connectivity index (χ1) is 7.39. The van der Waals surface area contributed by atoms with E-state index >= 15 is 0 Å². The minimum absolute atomic E-state index is 0.103. The highest BCUT2D eigenvalue weighted by atomic mass is 32.2. The molecule has 1 atom stereocenters. The largest absolute Gasteiger partial charge is 0.388 e. The van der Waals surface area contributed by atoms with Crippen molar-refractivity contribution in [2.45, 2.75) is 25.4 Å². The number of aryl methyl sites for hydroxylation is 1. The normalized spacial score (nSPS) is 28.1. The molecule has 88 valence electrons. The molecule has 0 spiro atoms.